The number of hydrogen-bond donors (Lipinski definition) is 1. The van der Waals surface area contributed by atoms with Crippen LogP contribution in [0.25, 0.3) is 11.0 Å². The van der Waals surface area contributed by atoms with Gasteiger partial charge in [-0.25, -0.2) is 9.97 Å². The lowest BCUT2D eigenvalue weighted by Gasteiger charge is -1.82. The maximum absolute atomic E-state index is 10.2. The zero-order chi connectivity index (χ0) is 7.68. The normalized spacial score (nSPS) is 10.2. The second kappa shape index (κ2) is 2.12. The summed E-state index contributed by atoms with van der Waals surface area (Å²) in [5.41, 5.74) is 1.35. The van der Waals surface area contributed by atoms with Gasteiger partial charge in [-0.2, -0.15) is 5.10 Å². The third-order valence-electron chi connectivity index (χ3n) is 1.32. The quantitative estimate of drug-likeness (QED) is 0.606. The molecule has 53 valence electrons. The molecule has 5 nitrogen and oxygen atoms in total. The van der Waals surface area contributed by atoms with Crippen LogP contribution in [-0.4, -0.2) is 26.5 Å². The summed E-state index contributed by atoms with van der Waals surface area (Å²) in [5.74, 6) is 0. The van der Waals surface area contributed by atoms with Crippen molar-refractivity contribution < 1.29 is 4.79 Å². The Labute approximate surface area is 61.5 Å². The molecular weight excluding hydrogens is 144 g/mol. The van der Waals surface area contributed by atoms with E-state index >= 15 is 0 Å². The minimum Gasteiger partial charge on any atom is -0.283 e. The average Bonchev–Trinajstić information content (AvgIpc) is 2.47. The maximum atomic E-state index is 10.2. The highest BCUT2D eigenvalue weighted by atomic mass is 16.1. The zero-order valence-electron chi connectivity index (χ0n) is 5.40. The fourth-order valence-electron chi connectivity index (χ4n) is 0.837. The number of nitrogens with one attached hydrogen (secondary N) is 1. The highest BCUT2D eigenvalue weighted by Gasteiger charge is 2.04. The fraction of sp³-hybridized carbons (Fsp3) is 0. The Morgan fingerprint density at radius 1 is 1.55 bits per heavy atom. The molecule has 0 aliphatic heterocycles. The van der Waals surface area contributed by atoms with Gasteiger partial charge in [0, 0.05) is 0 Å². The van der Waals surface area contributed by atoms with Gasteiger partial charge < -0.3 is 0 Å². The summed E-state index contributed by atoms with van der Waals surface area (Å²) < 4.78 is 0. The first-order valence-electron chi connectivity index (χ1n) is 2.94. The Morgan fingerprint density at radius 2 is 2.45 bits per heavy atom. The van der Waals surface area contributed by atoms with E-state index < -0.39 is 0 Å². The molecule has 0 atom stereocenters. The van der Waals surface area contributed by atoms with E-state index in [-0.39, 0.29) is 5.69 Å². The van der Waals surface area contributed by atoms with Crippen LogP contribution in [0.3, 0.4) is 0 Å². The summed E-state index contributed by atoms with van der Waals surface area (Å²) >= 11 is 0. The topological polar surface area (TPSA) is 71.5 Å². The molecule has 2 rings (SSSR count). The van der Waals surface area contributed by atoms with Gasteiger partial charge in [0.05, 0.1) is 6.20 Å². The molecule has 0 spiro atoms. The number of aromatic nitrogens is 4. The van der Waals surface area contributed by atoms with Gasteiger partial charge in [-0.3, -0.25) is 9.89 Å². The molecule has 5 heteroatoms. The number of aromatic amines is 1. The molecule has 2 heterocycles. The molecule has 0 saturated carbocycles. The lowest BCUT2D eigenvalue weighted by molar-refractivity contribution is 0.561. The van der Waals surface area contributed by atoms with Gasteiger partial charge in [0.15, 0.2) is 0 Å². The van der Waals surface area contributed by atoms with E-state index in [0.29, 0.717) is 11.0 Å². The summed E-state index contributed by atoms with van der Waals surface area (Å²) in [7, 11) is 0. The van der Waals surface area contributed by atoms with Crippen LogP contribution in [0.5, 0.6) is 0 Å². The van der Waals surface area contributed by atoms with Crippen LogP contribution < -0.4 is 0 Å². The minimum atomic E-state index is 0.266. The molecule has 0 aromatic carbocycles. The van der Waals surface area contributed by atoms with Gasteiger partial charge in [-0.15, -0.1) is 0 Å². The van der Waals surface area contributed by atoms with E-state index in [4.69, 9.17) is 0 Å². The molecule has 0 saturated heterocycles. The minimum absolute atomic E-state index is 0.266. The lowest BCUT2D eigenvalue weighted by Crippen LogP contribution is -1.82. The van der Waals surface area contributed by atoms with E-state index in [1.807, 2.05) is 0 Å². The molecule has 0 aliphatic carbocycles. The van der Waals surface area contributed by atoms with Crippen molar-refractivity contribution in [1.29, 1.82) is 0 Å². The Balaban J connectivity index is 2.86. The maximum Gasteiger partial charge on any atom is 0.255 e. The fourth-order valence-corrected chi connectivity index (χ4v) is 0.837. The van der Waals surface area contributed by atoms with Crippen molar-refractivity contribution >= 4 is 17.3 Å². The monoisotopic (exact) mass is 147 g/mol. The third-order valence-corrected chi connectivity index (χ3v) is 1.32. The molecule has 2 aromatic rings. The van der Waals surface area contributed by atoms with Crippen molar-refractivity contribution in [1.82, 2.24) is 20.2 Å². The first kappa shape index (κ1) is 5.96. The van der Waals surface area contributed by atoms with Crippen LogP contribution in [-0.2, 0) is 4.79 Å². The molecule has 0 fully saturated rings. The first-order valence-corrected chi connectivity index (χ1v) is 2.94. The van der Waals surface area contributed by atoms with Crippen LogP contribution in [0, 0.1) is 0 Å². The largest absolute Gasteiger partial charge is 0.283 e. The summed E-state index contributed by atoms with van der Waals surface area (Å²) in [5, 5.41) is 6.26. The van der Waals surface area contributed by atoms with E-state index in [1.165, 1.54) is 12.5 Å². The summed E-state index contributed by atoms with van der Waals surface area (Å²) in [6.45, 7) is 0. The Hall–Kier alpha value is -1.78. The molecule has 0 bridgehead atoms. The standard InChI is InChI=1S/C6H3N4O/c11-2-5-6-4(9-10-5)1-7-3-8-6/h1,3H,(H,9,10). The predicted octanol–water partition coefficient (Wildman–Crippen LogP) is -0.189. The molecular formula is C6H3N4O. The second-order valence-corrected chi connectivity index (χ2v) is 1.96. The van der Waals surface area contributed by atoms with Gasteiger partial charge in [0.1, 0.15) is 23.1 Å². The second-order valence-electron chi connectivity index (χ2n) is 1.96. The van der Waals surface area contributed by atoms with Crippen molar-refractivity contribution in [3.05, 3.63) is 18.2 Å². The Kier molecular flexibility index (Phi) is 1.15. The number of nitrogens with zero attached hydrogens (tertiary/aromatic N) is 3. The molecule has 0 amide bonds. The average molecular weight is 147 g/mol. The van der Waals surface area contributed by atoms with Gasteiger partial charge in [-0.05, 0) is 0 Å². The Bertz CT molecular complexity index is 394. The van der Waals surface area contributed by atoms with Crippen molar-refractivity contribution in [2.24, 2.45) is 0 Å². The number of H-pyrrole nitrogens is 1. The van der Waals surface area contributed by atoms with Gasteiger partial charge >= 0.3 is 0 Å². The number of carbonyl (C=O) groups excluding carboxylic acids is 1. The molecule has 1 radical (unpaired) electrons. The Morgan fingerprint density at radius 3 is 3.27 bits per heavy atom. The van der Waals surface area contributed by atoms with Crippen molar-refractivity contribution in [3.8, 4) is 0 Å². The van der Waals surface area contributed by atoms with E-state index in [9.17, 15) is 4.79 Å². The molecule has 0 aliphatic rings. The van der Waals surface area contributed by atoms with Crippen LogP contribution in [0.15, 0.2) is 12.5 Å². The van der Waals surface area contributed by atoms with Crippen LogP contribution in [0.4, 0.5) is 0 Å². The number of rotatable bonds is 1. The van der Waals surface area contributed by atoms with E-state index in [2.05, 4.69) is 20.2 Å². The summed E-state index contributed by atoms with van der Waals surface area (Å²) in [6, 6.07) is 0. The van der Waals surface area contributed by atoms with Crippen molar-refractivity contribution in [3.63, 3.8) is 0 Å². The van der Waals surface area contributed by atoms with Gasteiger partial charge in [0.2, 0.25) is 0 Å². The first-order chi connectivity index (χ1) is 5.42. The number of hydrogen-bond acceptors (Lipinski definition) is 4. The van der Waals surface area contributed by atoms with Gasteiger partial charge in [-0.1, -0.05) is 0 Å². The predicted molar refractivity (Wildman–Crippen MR) is 36.5 cm³/mol. The van der Waals surface area contributed by atoms with Crippen LogP contribution in [0.1, 0.15) is 5.69 Å². The molecule has 2 aromatic heterocycles. The van der Waals surface area contributed by atoms with Gasteiger partial charge in [0.25, 0.3) is 6.29 Å². The van der Waals surface area contributed by atoms with Crippen LogP contribution >= 0.6 is 0 Å². The summed E-state index contributed by atoms with van der Waals surface area (Å²) in [6.07, 6.45) is 4.58. The molecule has 1 N–H and O–H groups in total. The highest BCUT2D eigenvalue weighted by Crippen LogP contribution is 2.07. The summed E-state index contributed by atoms with van der Waals surface area (Å²) in [4.78, 5) is 17.8. The van der Waals surface area contributed by atoms with Crippen molar-refractivity contribution in [2.45, 2.75) is 0 Å². The van der Waals surface area contributed by atoms with Crippen LogP contribution in [0.2, 0.25) is 0 Å². The smallest absolute Gasteiger partial charge is 0.255 e. The van der Waals surface area contributed by atoms with Crippen molar-refractivity contribution in [2.75, 3.05) is 0 Å². The molecule has 0 unspecified atom stereocenters. The van der Waals surface area contributed by atoms with E-state index in [1.54, 1.807) is 6.29 Å². The third kappa shape index (κ3) is 0.778. The highest BCUT2D eigenvalue weighted by molar-refractivity contribution is 5.91. The SMILES string of the molecule is O=[C]c1[nH]nc2cncnc12. The van der Waals surface area contributed by atoms with E-state index in [0.717, 1.165) is 0 Å². The number of fused-ring (bicyclic) bond motifs is 1. The lowest BCUT2D eigenvalue weighted by atomic mass is 10.4. The zero-order valence-corrected chi connectivity index (χ0v) is 5.40. The molecule has 11 heavy (non-hydrogen) atoms.